The topological polar surface area (TPSA) is 52.6 Å². The number of benzene rings is 1. The summed E-state index contributed by atoms with van der Waals surface area (Å²) in [6.07, 6.45) is 1.39. The molecule has 0 saturated heterocycles. The number of aliphatic hydroxyl groups excluding tert-OH is 1. The van der Waals surface area contributed by atoms with Gasteiger partial charge in [0.15, 0.2) is 0 Å². The fraction of sp³-hybridized carbons (Fsp3) is 0.462. The molecule has 0 aromatic heterocycles. The molecule has 17 heavy (non-hydrogen) atoms. The van der Waals surface area contributed by atoms with Gasteiger partial charge >= 0.3 is 0 Å². The molecule has 1 heterocycles. The minimum atomic E-state index is -0.422. The summed E-state index contributed by atoms with van der Waals surface area (Å²) in [5, 5.41) is 11.9. The number of hydrogen-bond acceptors (Lipinski definition) is 3. The quantitative estimate of drug-likeness (QED) is 0.830. The van der Waals surface area contributed by atoms with E-state index >= 15 is 0 Å². The zero-order chi connectivity index (χ0) is 12.5. The normalized spacial score (nSPS) is 23.2. The number of aliphatic hydroxyl groups is 1. The van der Waals surface area contributed by atoms with Crippen molar-refractivity contribution >= 4 is 11.6 Å². The van der Waals surface area contributed by atoms with Gasteiger partial charge < -0.3 is 15.3 Å². The van der Waals surface area contributed by atoms with Crippen LogP contribution in [0.5, 0.6) is 0 Å². The number of anilines is 1. The second kappa shape index (κ2) is 4.37. The van der Waals surface area contributed by atoms with Crippen molar-refractivity contribution in [1.82, 2.24) is 5.32 Å². The number of para-hydroxylation sites is 1. The van der Waals surface area contributed by atoms with Gasteiger partial charge in [0.25, 0.3) is 5.91 Å². The van der Waals surface area contributed by atoms with Crippen molar-refractivity contribution in [3.63, 3.8) is 0 Å². The average molecular weight is 234 g/mol. The predicted molar refractivity (Wildman–Crippen MR) is 67.0 cm³/mol. The lowest BCUT2D eigenvalue weighted by molar-refractivity contribution is 0.0881. The van der Waals surface area contributed by atoms with Gasteiger partial charge in [-0.1, -0.05) is 12.1 Å². The van der Waals surface area contributed by atoms with Crippen molar-refractivity contribution in [1.29, 1.82) is 0 Å². The summed E-state index contributed by atoms with van der Waals surface area (Å²) >= 11 is 0. The molecule has 0 fully saturated rings. The van der Waals surface area contributed by atoms with Crippen molar-refractivity contribution in [3.8, 4) is 0 Å². The molecule has 1 aromatic carbocycles. The molecule has 1 unspecified atom stereocenters. The molecule has 1 aromatic rings. The van der Waals surface area contributed by atoms with E-state index in [1.165, 1.54) is 0 Å². The average Bonchev–Trinajstić information content (AvgIpc) is 2.34. The lowest BCUT2D eigenvalue weighted by atomic mass is 9.97. The monoisotopic (exact) mass is 234 g/mol. The minimum Gasteiger partial charge on any atom is -0.396 e. The van der Waals surface area contributed by atoms with Crippen LogP contribution in [0.1, 0.15) is 30.1 Å². The van der Waals surface area contributed by atoms with Gasteiger partial charge in [-0.2, -0.15) is 0 Å². The standard InChI is InChI=1S/C13H18N2O2/c1-13(8-5-9-16)14-12(17)10-6-3-4-7-11(10)15(13)2/h3-4,6-7,16H,5,8-9H2,1-2H3,(H,14,17). The Hall–Kier alpha value is -1.55. The van der Waals surface area contributed by atoms with Crippen molar-refractivity contribution in [2.24, 2.45) is 0 Å². The molecule has 1 aliphatic heterocycles. The van der Waals surface area contributed by atoms with E-state index < -0.39 is 5.66 Å². The molecule has 1 amide bonds. The Bertz CT molecular complexity index is 433. The lowest BCUT2D eigenvalue weighted by Gasteiger charge is -2.45. The van der Waals surface area contributed by atoms with E-state index in [0.717, 1.165) is 12.1 Å². The molecule has 4 heteroatoms. The van der Waals surface area contributed by atoms with Crippen LogP contribution in [0.25, 0.3) is 0 Å². The smallest absolute Gasteiger partial charge is 0.255 e. The van der Waals surface area contributed by atoms with Crippen LogP contribution in [-0.2, 0) is 0 Å². The van der Waals surface area contributed by atoms with Gasteiger partial charge in [0.1, 0.15) is 5.66 Å². The molecule has 0 bridgehead atoms. The van der Waals surface area contributed by atoms with Crippen LogP contribution >= 0.6 is 0 Å². The largest absolute Gasteiger partial charge is 0.396 e. The SMILES string of the molecule is CN1c2ccccc2C(=O)NC1(C)CCCO. The summed E-state index contributed by atoms with van der Waals surface area (Å²) in [5.74, 6) is -0.0425. The van der Waals surface area contributed by atoms with E-state index in [-0.39, 0.29) is 12.5 Å². The molecule has 2 N–H and O–H groups in total. The number of carbonyl (C=O) groups is 1. The van der Waals surface area contributed by atoms with Gasteiger partial charge in [-0.25, -0.2) is 0 Å². The molecular formula is C13H18N2O2. The van der Waals surface area contributed by atoms with Crippen LogP contribution in [0.2, 0.25) is 0 Å². The molecule has 1 aliphatic rings. The van der Waals surface area contributed by atoms with E-state index in [1.807, 2.05) is 38.2 Å². The Morgan fingerprint density at radius 1 is 1.41 bits per heavy atom. The summed E-state index contributed by atoms with van der Waals surface area (Å²) < 4.78 is 0. The van der Waals surface area contributed by atoms with Crippen LogP contribution < -0.4 is 10.2 Å². The van der Waals surface area contributed by atoms with E-state index in [9.17, 15) is 4.79 Å². The highest BCUT2D eigenvalue weighted by molar-refractivity contribution is 6.02. The third-order valence-electron chi connectivity index (χ3n) is 3.45. The molecule has 0 spiro atoms. The third-order valence-corrected chi connectivity index (χ3v) is 3.45. The number of amides is 1. The van der Waals surface area contributed by atoms with Crippen LogP contribution in [0.3, 0.4) is 0 Å². The van der Waals surface area contributed by atoms with Crippen LogP contribution in [0.15, 0.2) is 24.3 Å². The van der Waals surface area contributed by atoms with Gasteiger partial charge in [-0.3, -0.25) is 4.79 Å². The second-order valence-corrected chi connectivity index (χ2v) is 4.63. The molecule has 0 radical (unpaired) electrons. The van der Waals surface area contributed by atoms with Crippen LogP contribution in [0, 0.1) is 0 Å². The third kappa shape index (κ3) is 2.00. The summed E-state index contributed by atoms with van der Waals surface area (Å²) in [6.45, 7) is 2.12. The summed E-state index contributed by atoms with van der Waals surface area (Å²) in [6, 6.07) is 7.57. The first kappa shape index (κ1) is 11.9. The summed E-state index contributed by atoms with van der Waals surface area (Å²) in [5.41, 5.74) is 1.22. The second-order valence-electron chi connectivity index (χ2n) is 4.63. The van der Waals surface area contributed by atoms with Crippen molar-refractivity contribution in [3.05, 3.63) is 29.8 Å². The maximum absolute atomic E-state index is 12.0. The first-order valence-corrected chi connectivity index (χ1v) is 5.85. The highest BCUT2D eigenvalue weighted by atomic mass is 16.3. The van der Waals surface area contributed by atoms with E-state index in [2.05, 4.69) is 10.2 Å². The van der Waals surface area contributed by atoms with Crippen LogP contribution in [-0.4, -0.2) is 30.3 Å². The molecule has 1 atom stereocenters. The van der Waals surface area contributed by atoms with Gasteiger partial charge in [-0.15, -0.1) is 0 Å². The fourth-order valence-electron chi connectivity index (χ4n) is 2.27. The van der Waals surface area contributed by atoms with Crippen molar-refractivity contribution in [2.75, 3.05) is 18.6 Å². The maximum Gasteiger partial charge on any atom is 0.255 e. The highest BCUT2D eigenvalue weighted by Gasteiger charge is 2.37. The number of carbonyl (C=O) groups excluding carboxylic acids is 1. The van der Waals surface area contributed by atoms with Gasteiger partial charge in [0.05, 0.1) is 11.3 Å². The Labute approximate surface area is 101 Å². The van der Waals surface area contributed by atoms with Crippen LogP contribution in [0.4, 0.5) is 5.69 Å². The first-order chi connectivity index (χ1) is 8.08. The zero-order valence-electron chi connectivity index (χ0n) is 10.2. The highest BCUT2D eigenvalue weighted by Crippen LogP contribution is 2.31. The summed E-state index contributed by atoms with van der Waals surface area (Å²) in [7, 11) is 1.97. The fourth-order valence-corrected chi connectivity index (χ4v) is 2.27. The van der Waals surface area contributed by atoms with Gasteiger partial charge in [0, 0.05) is 13.7 Å². The molecule has 4 nitrogen and oxygen atoms in total. The minimum absolute atomic E-state index is 0.0425. The Morgan fingerprint density at radius 2 is 2.12 bits per heavy atom. The number of hydrogen-bond donors (Lipinski definition) is 2. The molecule has 92 valence electrons. The molecule has 2 rings (SSSR count). The maximum atomic E-state index is 12.0. The summed E-state index contributed by atoms with van der Waals surface area (Å²) in [4.78, 5) is 14.1. The zero-order valence-corrected chi connectivity index (χ0v) is 10.2. The lowest BCUT2D eigenvalue weighted by Crippen LogP contribution is -2.61. The number of fused-ring (bicyclic) bond motifs is 1. The first-order valence-electron chi connectivity index (χ1n) is 5.85. The number of nitrogens with one attached hydrogen (secondary N) is 1. The van der Waals surface area contributed by atoms with Crippen molar-refractivity contribution in [2.45, 2.75) is 25.4 Å². The Morgan fingerprint density at radius 3 is 2.82 bits per heavy atom. The number of rotatable bonds is 3. The van der Waals surface area contributed by atoms with E-state index in [4.69, 9.17) is 5.11 Å². The van der Waals surface area contributed by atoms with Crippen molar-refractivity contribution < 1.29 is 9.90 Å². The molecule has 0 aliphatic carbocycles. The number of nitrogens with zero attached hydrogens (tertiary/aromatic N) is 1. The molecular weight excluding hydrogens is 216 g/mol. The molecule has 0 saturated carbocycles. The van der Waals surface area contributed by atoms with E-state index in [0.29, 0.717) is 12.0 Å². The van der Waals surface area contributed by atoms with E-state index in [1.54, 1.807) is 0 Å². The Balaban J connectivity index is 2.35. The van der Waals surface area contributed by atoms with Gasteiger partial charge in [0.2, 0.25) is 0 Å². The van der Waals surface area contributed by atoms with Gasteiger partial charge in [-0.05, 0) is 31.9 Å². The Kier molecular flexibility index (Phi) is 3.07. The predicted octanol–water partition coefficient (Wildman–Crippen LogP) is 1.35.